The first-order valence-electron chi connectivity index (χ1n) is 14.6. The number of aliphatic carboxylic acids is 1. The molecular formula is C31H37F6NO3. The van der Waals surface area contributed by atoms with Gasteiger partial charge in [-0.15, -0.1) is 0 Å². The minimum Gasteiger partial charge on any atom is -0.490 e. The maximum Gasteiger partial charge on any atom is 0.420 e. The zero-order valence-electron chi connectivity index (χ0n) is 22.9. The lowest BCUT2D eigenvalue weighted by molar-refractivity contribution is -0.185. The molecule has 5 rings (SSSR count). The van der Waals surface area contributed by atoms with Crippen LogP contribution in [0.5, 0.6) is 5.75 Å². The van der Waals surface area contributed by atoms with Crippen molar-refractivity contribution in [3.8, 4) is 5.75 Å². The van der Waals surface area contributed by atoms with Gasteiger partial charge < -0.3 is 15.2 Å². The highest BCUT2D eigenvalue weighted by atomic mass is 19.4. The number of alkyl halides is 6. The largest absolute Gasteiger partial charge is 0.490 e. The number of hydrogen-bond acceptors (Lipinski definition) is 3. The van der Waals surface area contributed by atoms with Gasteiger partial charge >= 0.3 is 18.3 Å². The van der Waals surface area contributed by atoms with Crippen LogP contribution in [0.4, 0.5) is 26.3 Å². The summed E-state index contributed by atoms with van der Waals surface area (Å²) in [7, 11) is 0. The highest BCUT2D eigenvalue weighted by Gasteiger charge is 2.44. The van der Waals surface area contributed by atoms with Gasteiger partial charge in [-0.2, -0.15) is 26.3 Å². The number of benzene rings is 2. The predicted molar refractivity (Wildman–Crippen MR) is 143 cm³/mol. The Labute approximate surface area is 235 Å². The molecule has 0 aromatic heterocycles. The van der Waals surface area contributed by atoms with Crippen LogP contribution in [0.3, 0.4) is 0 Å². The highest BCUT2D eigenvalue weighted by Crippen LogP contribution is 2.51. The maximum atomic E-state index is 14.2. The van der Waals surface area contributed by atoms with E-state index in [9.17, 15) is 31.1 Å². The molecule has 4 nitrogen and oxygen atoms in total. The van der Waals surface area contributed by atoms with E-state index in [1.54, 1.807) is 18.2 Å². The Hall–Kier alpha value is -2.49. The van der Waals surface area contributed by atoms with E-state index in [1.807, 2.05) is 0 Å². The standard InChI is InChI=1S/C31H37F6NO3/c32-30(33,34)22-5-7-23(8-6-22)41-26-10-4-20-16-19(3-9-24(20)28(26)31(35,36)37)18-38-25-11-14-29(15-12-27(39)40)13-1-2-21(25)17-29/h3-4,9-10,16,21-23,25,38H,1-2,5-8,11-15,17-18H2,(H,39,40). The number of halogens is 6. The minimum absolute atomic E-state index is 0.0101. The van der Waals surface area contributed by atoms with Crippen molar-refractivity contribution >= 4 is 16.7 Å². The zero-order valence-corrected chi connectivity index (χ0v) is 22.9. The smallest absolute Gasteiger partial charge is 0.420 e. The lowest BCUT2D eigenvalue weighted by Crippen LogP contribution is -2.46. The van der Waals surface area contributed by atoms with Gasteiger partial charge in [-0.3, -0.25) is 4.79 Å². The van der Waals surface area contributed by atoms with Crippen LogP contribution in [-0.4, -0.2) is 29.4 Å². The molecule has 41 heavy (non-hydrogen) atoms. The Bertz CT molecular complexity index is 1240. The summed E-state index contributed by atoms with van der Waals surface area (Å²) in [6.45, 7) is 0.515. The summed E-state index contributed by atoms with van der Waals surface area (Å²) in [5.41, 5.74) is 0.0939. The molecule has 0 aliphatic heterocycles. The fraction of sp³-hybridized carbons (Fsp3) is 0.645. The number of ether oxygens (including phenoxy) is 1. The number of hydrogen-bond donors (Lipinski definition) is 2. The third kappa shape index (κ3) is 6.95. The molecule has 0 heterocycles. The molecular weight excluding hydrogens is 548 g/mol. The molecule has 2 aromatic rings. The van der Waals surface area contributed by atoms with Gasteiger partial charge in [0.15, 0.2) is 0 Å². The first kappa shape index (κ1) is 30.0. The van der Waals surface area contributed by atoms with Crippen molar-refractivity contribution in [2.24, 2.45) is 17.3 Å². The number of rotatable bonds is 8. The minimum atomic E-state index is -4.69. The molecule has 10 heteroatoms. The molecule has 2 N–H and O–H groups in total. The van der Waals surface area contributed by atoms with E-state index < -0.39 is 35.9 Å². The highest BCUT2D eigenvalue weighted by molar-refractivity contribution is 5.89. The lowest BCUT2D eigenvalue weighted by Gasteiger charge is -2.49. The number of carboxylic acids is 1. The van der Waals surface area contributed by atoms with Crippen molar-refractivity contribution < 1.29 is 41.0 Å². The molecule has 0 radical (unpaired) electrons. The van der Waals surface area contributed by atoms with Crippen LogP contribution in [-0.2, 0) is 17.5 Å². The van der Waals surface area contributed by atoms with E-state index in [0.29, 0.717) is 17.8 Å². The molecule has 2 aromatic carbocycles. The van der Waals surface area contributed by atoms with Gasteiger partial charge in [0.05, 0.1) is 12.0 Å². The Balaban J connectivity index is 1.26. The van der Waals surface area contributed by atoms with Crippen molar-refractivity contribution in [1.82, 2.24) is 5.32 Å². The van der Waals surface area contributed by atoms with Crippen LogP contribution < -0.4 is 10.1 Å². The van der Waals surface area contributed by atoms with Gasteiger partial charge in [-0.1, -0.05) is 24.6 Å². The van der Waals surface area contributed by atoms with Crippen molar-refractivity contribution in [3.05, 3.63) is 41.5 Å². The Morgan fingerprint density at radius 1 is 0.976 bits per heavy atom. The third-order valence-corrected chi connectivity index (χ3v) is 9.73. The second kappa shape index (κ2) is 11.7. The first-order valence-corrected chi connectivity index (χ1v) is 14.6. The fourth-order valence-electron chi connectivity index (χ4n) is 7.56. The molecule has 3 atom stereocenters. The fourth-order valence-corrected chi connectivity index (χ4v) is 7.56. The summed E-state index contributed by atoms with van der Waals surface area (Å²) in [6.07, 6.45) is -2.68. The summed E-state index contributed by atoms with van der Waals surface area (Å²) >= 11 is 0. The summed E-state index contributed by atoms with van der Waals surface area (Å²) < 4.78 is 87.3. The summed E-state index contributed by atoms with van der Waals surface area (Å²) in [4.78, 5) is 11.1. The predicted octanol–water partition coefficient (Wildman–Crippen LogP) is 8.65. The molecule has 3 aliphatic rings. The van der Waals surface area contributed by atoms with E-state index in [-0.39, 0.29) is 54.7 Å². The summed E-state index contributed by atoms with van der Waals surface area (Å²) in [5.74, 6) is -2.05. The Kier molecular flexibility index (Phi) is 8.52. The monoisotopic (exact) mass is 585 g/mol. The number of carboxylic acid groups (broad SMARTS) is 1. The van der Waals surface area contributed by atoms with Crippen LogP contribution >= 0.6 is 0 Å². The van der Waals surface area contributed by atoms with Gasteiger partial charge in [0.25, 0.3) is 0 Å². The van der Waals surface area contributed by atoms with Crippen LogP contribution in [0.15, 0.2) is 30.3 Å². The normalized spacial score (nSPS) is 28.9. The summed E-state index contributed by atoms with van der Waals surface area (Å²) in [6, 6.07) is 8.06. The third-order valence-electron chi connectivity index (χ3n) is 9.73. The molecule has 3 saturated carbocycles. The van der Waals surface area contributed by atoms with E-state index >= 15 is 0 Å². The van der Waals surface area contributed by atoms with Crippen molar-refractivity contribution in [2.45, 2.75) is 108 Å². The Morgan fingerprint density at radius 3 is 2.41 bits per heavy atom. The van der Waals surface area contributed by atoms with Gasteiger partial charge in [0.1, 0.15) is 11.3 Å². The summed E-state index contributed by atoms with van der Waals surface area (Å²) in [5, 5.41) is 13.2. The van der Waals surface area contributed by atoms with Crippen molar-refractivity contribution in [3.63, 3.8) is 0 Å². The molecule has 226 valence electrons. The van der Waals surface area contributed by atoms with Gasteiger partial charge in [0, 0.05) is 19.0 Å². The van der Waals surface area contributed by atoms with E-state index in [4.69, 9.17) is 9.84 Å². The number of nitrogens with one attached hydrogen (secondary N) is 1. The topological polar surface area (TPSA) is 58.6 Å². The van der Waals surface area contributed by atoms with Crippen molar-refractivity contribution in [1.29, 1.82) is 0 Å². The van der Waals surface area contributed by atoms with Crippen LogP contribution in [0.2, 0.25) is 0 Å². The average molecular weight is 586 g/mol. The van der Waals surface area contributed by atoms with Gasteiger partial charge in [0.2, 0.25) is 0 Å². The number of fused-ring (bicyclic) bond motifs is 3. The van der Waals surface area contributed by atoms with Gasteiger partial charge in [-0.05, 0) is 104 Å². The molecule has 3 fully saturated rings. The SMILES string of the molecule is O=C(O)CCC12CCCC(C1)C(NCc1ccc3c(C(F)(F)F)c(OC4CCC(C(F)(F)F)CC4)ccc3c1)CC2. The second-order valence-electron chi connectivity index (χ2n) is 12.4. The maximum absolute atomic E-state index is 14.2. The molecule has 0 spiro atoms. The molecule has 0 amide bonds. The van der Waals surface area contributed by atoms with Crippen LogP contribution in [0, 0.1) is 17.3 Å². The average Bonchev–Trinajstić information content (AvgIpc) is 2.91. The second-order valence-corrected chi connectivity index (χ2v) is 12.4. The number of carbonyl (C=O) groups is 1. The van der Waals surface area contributed by atoms with Crippen molar-refractivity contribution in [2.75, 3.05) is 0 Å². The van der Waals surface area contributed by atoms with Gasteiger partial charge in [-0.25, -0.2) is 0 Å². The first-order chi connectivity index (χ1) is 19.3. The van der Waals surface area contributed by atoms with Crippen LogP contribution in [0.25, 0.3) is 10.8 Å². The molecule has 3 aliphatic carbocycles. The van der Waals surface area contributed by atoms with E-state index in [1.165, 1.54) is 12.1 Å². The molecule has 3 unspecified atom stereocenters. The molecule has 0 saturated heterocycles. The van der Waals surface area contributed by atoms with Crippen LogP contribution in [0.1, 0.15) is 88.2 Å². The van der Waals surface area contributed by atoms with E-state index in [0.717, 1.165) is 50.5 Å². The quantitative estimate of drug-likeness (QED) is 0.305. The molecule has 2 bridgehead atoms. The lowest BCUT2D eigenvalue weighted by atomic mass is 9.59. The Morgan fingerprint density at radius 2 is 1.73 bits per heavy atom. The zero-order chi connectivity index (χ0) is 29.4. The van der Waals surface area contributed by atoms with E-state index in [2.05, 4.69) is 5.32 Å².